The number of hydrogen-bond acceptors (Lipinski definition) is 4. The highest BCUT2D eigenvalue weighted by Crippen LogP contribution is 2.21. The standard InChI is InChI=1S/C14H18N2O4/c17-13(10-2-6-20-9-10)15-12-1-5-16(14(12)18)11-3-7-19-8-4-11/h2,6,9,11-12H,1,3-5,7-8H2,(H,15,17). The predicted octanol–water partition coefficient (Wildman–Crippen LogP) is 0.789. The zero-order valence-electron chi connectivity index (χ0n) is 11.2. The van der Waals surface area contributed by atoms with E-state index in [-0.39, 0.29) is 17.9 Å². The number of hydrogen-bond donors (Lipinski definition) is 1. The summed E-state index contributed by atoms with van der Waals surface area (Å²) < 4.78 is 10.2. The molecule has 2 aliphatic heterocycles. The molecule has 6 heteroatoms. The molecule has 0 aromatic carbocycles. The van der Waals surface area contributed by atoms with E-state index < -0.39 is 6.04 Å². The number of nitrogens with one attached hydrogen (secondary N) is 1. The molecule has 3 heterocycles. The van der Waals surface area contributed by atoms with Crippen LogP contribution < -0.4 is 5.32 Å². The van der Waals surface area contributed by atoms with Gasteiger partial charge in [0.15, 0.2) is 0 Å². The number of carbonyl (C=O) groups is 2. The lowest BCUT2D eigenvalue weighted by molar-refractivity contribution is -0.132. The second kappa shape index (κ2) is 5.66. The van der Waals surface area contributed by atoms with Crippen molar-refractivity contribution in [3.05, 3.63) is 24.2 Å². The van der Waals surface area contributed by atoms with Crippen LogP contribution in [0.3, 0.4) is 0 Å². The predicted molar refractivity (Wildman–Crippen MR) is 70.1 cm³/mol. The number of carbonyl (C=O) groups excluding carboxylic acids is 2. The summed E-state index contributed by atoms with van der Waals surface area (Å²) in [5, 5.41) is 2.78. The van der Waals surface area contributed by atoms with Crippen LogP contribution in [0.5, 0.6) is 0 Å². The summed E-state index contributed by atoms with van der Waals surface area (Å²) in [4.78, 5) is 26.2. The van der Waals surface area contributed by atoms with Crippen LogP contribution in [-0.2, 0) is 9.53 Å². The van der Waals surface area contributed by atoms with E-state index in [4.69, 9.17) is 9.15 Å². The Labute approximate surface area is 117 Å². The van der Waals surface area contributed by atoms with Gasteiger partial charge in [-0.05, 0) is 25.3 Å². The Morgan fingerprint density at radius 3 is 2.80 bits per heavy atom. The number of nitrogens with zero attached hydrogens (tertiary/aromatic N) is 1. The SMILES string of the molecule is O=C(NC1CCN(C2CCOCC2)C1=O)c1ccoc1. The van der Waals surface area contributed by atoms with Gasteiger partial charge in [0.25, 0.3) is 5.91 Å². The number of likely N-dealkylation sites (tertiary alicyclic amines) is 1. The quantitative estimate of drug-likeness (QED) is 0.887. The normalized spacial score (nSPS) is 24.1. The average Bonchev–Trinajstić information content (AvgIpc) is 3.11. The van der Waals surface area contributed by atoms with E-state index in [1.807, 2.05) is 4.90 Å². The smallest absolute Gasteiger partial charge is 0.255 e. The lowest BCUT2D eigenvalue weighted by atomic mass is 10.1. The fourth-order valence-electron chi connectivity index (χ4n) is 2.83. The molecule has 2 saturated heterocycles. The van der Waals surface area contributed by atoms with Crippen LogP contribution in [0, 0.1) is 0 Å². The van der Waals surface area contributed by atoms with E-state index in [1.165, 1.54) is 12.5 Å². The largest absolute Gasteiger partial charge is 0.472 e. The van der Waals surface area contributed by atoms with Crippen LogP contribution in [0.2, 0.25) is 0 Å². The van der Waals surface area contributed by atoms with Crippen molar-refractivity contribution >= 4 is 11.8 Å². The second-order valence-corrected chi connectivity index (χ2v) is 5.20. The van der Waals surface area contributed by atoms with Crippen molar-refractivity contribution in [3.63, 3.8) is 0 Å². The maximum atomic E-state index is 12.4. The van der Waals surface area contributed by atoms with Gasteiger partial charge >= 0.3 is 0 Å². The Morgan fingerprint density at radius 1 is 1.30 bits per heavy atom. The molecule has 6 nitrogen and oxygen atoms in total. The van der Waals surface area contributed by atoms with Gasteiger partial charge in [0.1, 0.15) is 12.3 Å². The average molecular weight is 278 g/mol. The van der Waals surface area contributed by atoms with Gasteiger partial charge in [-0.25, -0.2) is 0 Å². The molecule has 1 aromatic rings. The summed E-state index contributed by atoms with van der Waals surface area (Å²) in [5.41, 5.74) is 0.447. The van der Waals surface area contributed by atoms with Gasteiger partial charge in [-0.2, -0.15) is 0 Å². The number of rotatable bonds is 3. The monoisotopic (exact) mass is 278 g/mol. The van der Waals surface area contributed by atoms with Crippen molar-refractivity contribution < 1.29 is 18.7 Å². The van der Waals surface area contributed by atoms with Gasteiger partial charge in [-0.1, -0.05) is 0 Å². The Morgan fingerprint density at radius 2 is 2.10 bits per heavy atom. The van der Waals surface area contributed by atoms with Crippen molar-refractivity contribution in [3.8, 4) is 0 Å². The minimum atomic E-state index is -0.416. The Balaban J connectivity index is 1.59. The molecule has 1 atom stereocenters. The Hall–Kier alpha value is -1.82. The Bertz CT molecular complexity index is 479. The van der Waals surface area contributed by atoms with Crippen molar-refractivity contribution in [1.29, 1.82) is 0 Å². The molecule has 1 aromatic heterocycles. The van der Waals surface area contributed by atoms with E-state index in [2.05, 4.69) is 5.32 Å². The van der Waals surface area contributed by atoms with Gasteiger partial charge in [0.05, 0.1) is 11.8 Å². The zero-order chi connectivity index (χ0) is 13.9. The topological polar surface area (TPSA) is 71.8 Å². The van der Waals surface area contributed by atoms with E-state index in [0.717, 1.165) is 12.8 Å². The first kappa shape index (κ1) is 13.2. The van der Waals surface area contributed by atoms with Crippen LogP contribution in [0.25, 0.3) is 0 Å². The minimum absolute atomic E-state index is 0.0220. The molecule has 2 amide bonds. The first-order valence-corrected chi connectivity index (χ1v) is 6.97. The second-order valence-electron chi connectivity index (χ2n) is 5.20. The summed E-state index contributed by atoms with van der Waals surface area (Å²) >= 11 is 0. The first-order valence-electron chi connectivity index (χ1n) is 6.97. The molecular formula is C14H18N2O4. The molecule has 0 bridgehead atoms. The van der Waals surface area contributed by atoms with Crippen molar-refractivity contribution in [2.24, 2.45) is 0 Å². The van der Waals surface area contributed by atoms with Crippen molar-refractivity contribution in [2.45, 2.75) is 31.3 Å². The third-order valence-corrected chi connectivity index (χ3v) is 3.96. The lowest BCUT2D eigenvalue weighted by Crippen LogP contribution is -2.46. The highest BCUT2D eigenvalue weighted by Gasteiger charge is 2.37. The maximum Gasteiger partial charge on any atom is 0.255 e. The number of amides is 2. The van der Waals surface area contributed by atoms with E-state index in [1.54, 1.807) is 6.07 Å². The molecule has 0 spiro atoms. The molecule has 0 saturated carbocycles. The summed E-state index contributed by atoms with van der Waals surface area (Å²) in [6, 6.07) is 1.43. The van der Waals surface area contributed by atoms with Crippen molar-refractivity contribution in [2.75, 3.05) is 19.8 Å². The summed E-state index contributed by atoms with van der Waals surface area (Å²) in [6.45, 7) is 2.13. The Kier molecular flexibility index (Phi) is 3.73. The molecule has 108 valence electrons. The molecular weight excluding hydrogens is 260 g/mol. The fraction of sp³-hybridized carbons (Fsp3) is 0.571. The van der Waals surface area contributed by atoms with Crippen LogP contribution >= 0.6 is 0 Å². The van der Waals surface area contributed by atoms with E-state index >= 15 is 0 Å². The molecule has 20 heavy (non-hydrogen) atoms. The van der Waals surface area contributed by atoms with Crippen LogP contribution in [0.4, 0.5) is 0 Å². The van der Waals surface area contributed by atoms with Gasteiger partial charge in [-0.3, -0.25) is 9.59 Å². The molecule has 0 aliphatic carbocycles. The van der Waals surface area contributed by atoms with Gasteiger partial charge < -0.3 is 19.4 Å². The van der Waals surface area contributed by atoms with E-state index in [0.29, 0.717) is 31.7 Å². The van der Waals surface area contributed by atoms with E-state index in [9.17, 15) is 9.59 Å². The zero-order valence-corrected chi connectivity index (χ0v) is 11.2. The number of ether oxygens (including phenoxy) is 1. The number of furan rings is 1. The van der Waals surface area contributed by atoms with Crippen LogP contribution in [-0.4, -0.2) is 48.6 Å². The molecule has 3 rings (SSSR count). The first-order chi connectivity index (χ1) is 9.75. The molecule has 0 radical (unpaired) electrons. The van der Waals surface area contributed by atoms with Crippen molar-refractivity contribution in [1.82, 2.24) is 10.2 Å². The third kappa shape index (κ3) is 2.56. The summed E-state index contributed by atoms with van der Waals surface area (Å²) in [6.07, 6.45) is 5.26. The van der Waals surface area contributed by atoms with Crippen LogP contribution in [0.1, 0.15) is 29.6 Å². The molecule has 1 N–H and O–H groups in total. The highest BCUT2D eigenvalue weighted by molar-refractivity contribution is 5.97. The summed E-state index contributed by atoms with van der Waals surface area (Å²) in [5.74, 6) is -0.236. The molecule has 2 fully saturated rings. The fourth-order valence-corrected chi connectivity index (χ4v) is 2.83. The van der Waals surface area contributed by atoms with Gasteiger partial charge in [0, 0.05) is 25.8 Å². The molecule has 1 unspecified atom stereocenters. The lowest BCUT2D eigenvalue weighted by Gasteiger charge is -2.31. The van der Waals surface area contributed by atoms with Gasteiger partial charge in [0.2, 0.25) is 5.91 Å². The minimum Gasteiger partial charge on any atom is -0.472 e. The molecule has 2 aliphatic rings. The van der Waals surface area contributed by atoms with Gasteiger partial charge in [-0.15, -0.1) is 0 Å². The highest BCUT2D eigenvalue weighted by atomic mass is 16.5. The van der Waals surface area contributed by atoms with Crippen LogP contribution in [0.15, 0.2) is 23.0 Å². The maximum absolute atomic E-state index is 12.4. The summed E-state index contributed by atoms with van der Waals surface area (Å²) in [7, 11) is 0. The third-order valence-electron chi connectivity index (χ3n) is 3.96.